The van der Waals surface area contributed by atoms with Gasteiger partial charge in [0.15, 0.2) is 0 Å². The lowest BCUT2D eigenvalue weighted by Crippen LogP contribution is -2.50. The summed E-state index contributed by atoms with van der Waals surface area (Å²) >= 11 is 6.08. The van der Waals surface area contributed by atoms with Crippen LogP contribution >= 0.6 is 24.0 Å². The van der Waals surface area contributed by atoms with E-state index in [4.69, 9.17) is 11.6 Å². The molecular formula is C17H22Cl2N2O. The smallest absolute Gasteiger partial charge is 0.230 e. The Morgan fingerprint density at radius 2 is 1.91 bits per heavy atom. The van der Waals surface area contributed by atoms with Gasteiger partial charge in [-0.2, -0.15) is 0 Å². The van der Waals surface area contributed by atoms with Crippen molar-refractivity contribution in [2.24, 2.45) is 0 Å². The summed E-state index contributed by atoms with van der Waals surface area (Å²) in [5, 5.41) is 7.65. The molecule has 3 aliphatic rings. The van der Waals surface area contributed by atoms with Crippen LogP contribution in [0.3, 0.4) is 0 Å². The molecule has 5 heteroatoms. The van der Waals surface area contributed by atoms with Gasteiger partial charge in [0.2, 0.25) is 5.91 Å². The van der Waals surface area contributed by atoms with E-state index in [-0.39, 0.29) is 23.7 Å². The van der Waals surface area contributed by atoms with Crippen molar-refractivity contribution in [1.29, 1.82) is 0 Å². The predicted molar refractivity (Wildman–Crippen MR) is 90.7 cm³/mol. The highest BCUT2D eigenvalue weighted by Crippen LogP contribution is 2.49. The lowest BCUT2D eigenvalue weighted by molar-refractivity contribution is -0.124. The van der Waals surface area contributed by atoms with Crippen LogP contribution in [0.4, 0.5) is 0 Å². The molecule has 2 aliphatic heterocycles. The Kier molecular flexibility index (Phi) is 4.41. The number of amides is 1. The minimum Gasteiger partial charge on any atom is -0.352 e. The first-order valence-electron chi connectivity index (χ1n) is 7.99. The fourth-order valence-electron chi connectivity index (χ4n) is 4.06. The van der Waals surface area contributed by atoms with E-state index in [1.807, 2.05) is 24.3 Å². The highest BCUT2D eigenvalue weighted by atomic mass is 35.5. The molecule has 2 unspecified atom stereocenters. The van der Waals surface area contributed by atoms with Gasteiger partial charge < -0.3 is 10.6 Å². The van der Waals surface area contributed by atoms with E-state index in [0.717, 1.165) is 31.2 Å². The summed E-state index contributed by atoms with van der Waals surface area (Å²) in [5.41, 5.74) is 0.763. The van der Waals surface area contributed by atoms with Crippen LogP contribution in [0.25, 0.3) is 0 Å². The molecule has 1 aromatic carbocycles. The Morgan fingerprint density at radius 3 is 2.50 bits per heavy atom. The van der Waals surface area contributed by atoms with Crippen molar-refractivity contribution in [3.05, 3.63) is 34.9 Å². The molecule has 0 radical (unpaired) electrons. The van der Waals surface area contributed by atoms with E-state index in [9.17, 15) is 4.79 Å². The summed E-state index contributed by atoms with van der Waals surface area (Å²) in [6.07, 6.45) is 6.56. The average Bonchev–Trinajstić information content (AvgIpc) is 3.21. The number of hydrogen-bond donors (Lipinski definition) is 2. The van der Waals surface area contributed by atoms with Gasteiger partial charge in [0.25, 0.3) is 0 Å². The molecule has 1 aromatic rings. The van der Waals surface area contributed by atoms with Crippen molar-refractivity contribution in [2.75, 3.05) is 0 Å². The van der Waals surface area contributed by atoms with Crippen LogP contribution in [-0.2, 0) is 10.2 Å². The van der Waals surface area contributed by atoms with E-state index >= 15 is 0 Å². The zero-order chi connectivity index (χ0) is 14.4. The molecule has 2 N–H and O–H groups in total. The third-order valence-corrected chi connectivity index (χ3v) is 5.61. The van der Waals surface area contributed by atoms with Gasteiger partial charge in [0, 0.05) is 23.1 Å². The van der Waals surface area contributed by atoms with Crippen LogP contribution in [-0.4, -0.2) is 24.0 Å². The number of carbonyl (C=O) groups is 1. The summed E-state index contributed by atoms with van der Waals surface area (Å²) < 4.78 is 0. The molecule has 2 saturated heterocycles. The quantitative estimate of drug-likeness (QED) is 0.887. The fraction of sp³-hybridized carbons (Fsp3) is 0.588. The second-order valence-corrected chi connectivity index (χ2v) is 7.31. The van der Waals surface area contributed by atoms with Gasteiger partial charge >= 0.3 is 0 Å². The highest BCUT2D eigenvalue weighted by Gasteiger charge is 2.52. The molecule has 2 heterocycles. The van der Waals surface area contributed by atoms with Gasteiger partial charge in [-0.15, -0.1) is 12.4 Å². The van der Waals surface area contributed by atoms with E-state index < -0.39 is 0 Å². The van der Waals surface area contributed by atoms with E-state index in [2.05, 4.69) is 10.6 Å². The molecule has 2 bridgehead atoms. The Hall–Kier alpha value is -0.770. The SMILES string of the molecule is Cl.O=C(NC1CC2CCC(C1)N2)C1(c2cccc(Cl)c2)CC1. The van der Waals surface area contributed by atoms with Crippen LogP contribution in [0.2, 0.25) is 5.02 Å². The third kappa shape index (κ3) is 2.86. The first-order valence-corrected chi connectivity index (χ1v) is 8.37. The van der Waals surface area contributed by atoms with Gasteiger partial charge in [-0.3, -0.25) is 4.79 Å². The van der Waals surface area contributed by atoms with Crippen molar-refractivity contribution in [3.63, 3.8) is 0 Å². The standard InChI is InChI=1S/C17H21ClN2O.ClH/c18-12-3-1-2-11(8-12)17(6-7-17)16(21)20-15-9-13-4-5-14(10-15)19-13;/h1-3,8,13-15,19H,4-7,9-10H2,(H,20,21);1H. The zero-order valence-electron chi connectivity index (χ0n) is 12.5. The Bertz CT molecular complexity index is 562. The summed E-state index contributed by atoms with van der Waals surface area (Å²) in [6, 6.07) is 9.34. The predicted octanol–water partition coefficient (Wildman–Crippen LogP) is 3.19. The number of benzene rings is 1. The first-order chi connectivity index (χ1) is 10.2. The number of rotatable bonds is 3. The minimum atomic E-state index is -0.311. The second-order valence-electron chi connectivity index (χ2n) is 6.87. The molecule has 4 rings (SSSR count). The van der Waals surface area contributed by atoms with Crippen LogP contribution in [0.15, 0.2) is 24.3 Å². The van der Waals surface area contributed by atoms with Crippen molar-refractivity contribution < 1.29 is 4.79 Å². The van der Waals surface area contributed by atoms with Gasteiger partial charge in [-0.25, -0.2) is 0 Å². The topological polar surface area (TPSA) is 41.1 Å². The van der Waals surface area contributed by atoms with Crippen LogP contribution in [0.5, 0.6) is 0 Å². The summed E-state index contributed by atoms with van der Waals surface area (Å²) in [4.78, 5) is 12.8. The van der Waals surface area contributed by atoms with Crippen LogP contribution in [0, 0.1) is 0 Å². The van der Waals surface area contributed by atoms with Gasteiger partial charge in [-0.1, -0.05) is 23.7 Å². The zero-order valence-corrected chi connectivity index (χ0v) is 14.1. The minimum absolute atomic E-state index is 0. The average molecular weight is 341 g/mol. The number of halogens is 2. The summed E-state index contributed by atoms with van der Waals surface area (Å²) in [6.45, 7) is 0. The van der Waals surface area contributed by atoms with E-state index in [1.165, 1.54) is 12.8 Å². The molecule has 22 heavy (non-hydrogen) atoms. The molecule has 3 fully saturated rings. The first kappa shape index (κ1) is 16.1. The Balaban J connectivity index is 0.00000144. The molecule has 2 atom stereocenters. The molecule has 120 valence electrons. The number of fused-ring (bicyclic) bond motifs is 2. The maximum atomic E-state index is 12.8. The maximum absolute atomic E-state index is 12.8. The number of piperidine rings is 1. The number of hydrogen-bond acceptors (Lipinski definition) is 2. The van der Waals surface area contributed by atoms with Crippen molar-refractivity contribution in [2.45, 2.75) is 62.1 Å². The normalized spacial score (nSPS) is 31.2. The van der Waals surface area contributed by atoms with Crippen molar-refractivity contribution in [1.82, 2.24) is 10.6 Å². The van der Waals surface area contributed by atoms with E-state index in [0.29, 0.717) is 23.1 Å². The lowest BCUT2D eigenvalue weighted by atomic mass is 9.93. The highest BCUT2D eigenvalue weighted by molar-refractivity contribution is 6.30. The molecule has 0 spiro atoms. The van der Waals surface area contributed by atoms with Crippen molar-refractivity contribution >= 4 is 29.9 Å². The number of nitrogens with one attached hydrogen (secondary N) is 2. The Labute approximate surface area is 142 Å². The molecule has 1 saturated carbocycles. The largest absolute Gasteiger partial charge is 0.352 e. The fourth-order valence-corrected chi connectivity index (χ4v) is 4.25. The molecule has 1 amide bonds. The van der Waals surface area contributed by atoms with Gasteiger partial charge in [-0.05, 0) is 56.2 Å². The molecule has 0 aromatic heterocycles. The number of carbonyl (C=O) groups excluding carboxylic acids is 1. The second kappa shape index (κ2) is 6.03. The Morgan fingerprint density at radius 1 is 1.23 bits per heavy atom. The van der Waals surface area contributed by atoms with Gasteiger partial charge in [0.1, 0.15) is 0 Å². The molecule has 1 aliphatic carbocycles. The van der Waals surface area contributed by atoms with Crippen LogP contribution in [0.1, 0.15) is 44.1 Å². The van der Waals surface area contributed by atoms with E-state index in [1.54, 1.807) is 0 Å². The monoisotopic (exact) mass is 340 g/mol. The molecular weight excluding hydrogens is 319 g/mol. The summed E-state index contributed by atoms with van der Waals surface area (Å²) in [5.74, 6) is 0.205. The van der Waals surface area contributed by atoms with Gasteiger partial charge in [0.05, 0.1) is 5.41 Å². The lowest BCUT2D eigenvalue weighted by Gasteiger charge is -2.31. The maximum Gasteiger partial charge on any atom is 0.230 e. The summed E-state index contributed by atoms with van der Waals surface area (Å²) in [7, 11) is 0. The van der Waals surface area contributed by atoms with Crippen molar-refractivity contribution in [3.8, 4) is 0 Å². The third-order valence-electron chi connectivity index (χ3n) is 5.37. The van der Waals surface area contributed by atoms with Crippen LogP contribution < -0.4 is 10.6 Å². The molecule has 3 nitrogen and oxygen atoms in total.